The molecular formula is C60H94N8O11. The number of likely N-dealkylation sites (N-methyl/N-ethyl adjacent to an activating group) is 4. The molecule has 19 nitrogen and oxygen atoms in total. The first-order valence-electron chi connectivity index (χ1n) is 28.2. The zero-order valence-electron chi connectivity index (χ0n) is 50.0. The normalized spacial score (nSPS) is 17.3. The van der Waals surface area contributed by atoms with E-state index in [1.807, 2.05) is 103 Å². The zero-order valence-corrected chi connectivity index (χ0v) is 50.0. The lowest BCUT2D eigenvalue weighted by molar-refractivity contribution is -0.157. The van der Waals surface area contributed by atoms with Gasteiger partial charge in [-0.05, 0) is 83.3 Å². The van der Waals surface area contributed by atoms with Crippen LogP contribution in [0.25, 0.3) is 0 Å². The minimum Gasteiger partial charge on any atom is -0.454 e. The summed E-state index contributed by atoms with van der Waals surface area (Å²) in [5, 5.41) is 19.4. The maximum Gasteiger partial charge on any atom is 0.293 e. The van der Waals surface area contributed by atoms with Gasteiger partial charge in [-0.25, -0.2) is 0 Å². The predicted octanol–water partition coefficient (Wildman–Crippen LogP) is 4.68. The third-order valence-electron chi connectivity index (χ3n) is 16.1. The molecule has 0 saturated carbocycles. The molecule has 3 rings (SSSR count). The molecule has 1 aliphatic heterocycles. The van der Waals surface area contributed by atoms with E-state index in [1.54, 1.807) is 46.6 Å². The fraction of sp³-hybridized carbons (Fsp3) is 0.650. The molecule has 2 aromatic carbocycles. The van der Waals surface area contributed by atoms with Crippen LogP contribution in [0.2, 0.25) is 0 Å². The Balaban J connectivity index is 1.92. The molecule has 1 saturated heterocycles. The van der Waals surface area contributed by atoms with Crippen LogP contribution in [0.5, 0.6) is 0 Å². The molecule has 11 atom stereocenters. The smallest absolute Gasteiger partial charge is 0.293 e. The largest absolute Gasteiger partial charge is 0.454 e. The number of rotatable bonds is 30. The van der Waals surface area contributed by atoms with E-state index in [4.69, 9.17) is 4.74 Å². The summed E-state index contributed by atoms with van der Waals surface area (Å²) in [7, 11) is 6.06. The van der Waals surface area contributed by atoms with Crippen molar-refractivity contribution in [1.82, 2.24) is 40.4 Å². The fourth-order valence-electron chi connectivity index (χ4n) is 9.71. The van der Waals surface area contributed by atoms with Gasteiger partial charge in [-0.1, -0.05) is 121 Å². The molecule has 79 heavy (non-hydrogen) atoms. The van der Waals surface area contributed by atoms with Gasteiger partial charge in [0.15, 0.2) is 6.10 Å². The fourth-order valence-corrected chi connectivity index (χ4v) is 9.71. The Kier molecular flexibility index (Phi) is 26.1. The van der Waals surface area contributed by atoms with Crippen LogP contribution in [0.15, 0.2) is 54.6 Å². The van der Waals surface area contributed by atoms with Crippen molar-refractivity contribution in [2.45, 2.75) is 188 Å². The lowest BCUT2D eigenvalue weighted by atomic mass is 9.96. The number of hydrogen-bond acceptors (Lipinski definition) is 11. The summed E-state index contributed by atoms with van der Waals surface area (Å²) in [5.41, 5.74) is 1.30. The van der Waals surface area contributed by atoms with Crippen LogP contribution in [0, 0.1) is 30.6 Å². The highest BCUT2D eigenvalue weighted by Crippen LogP contribution is 2.24. The molecule has 0 spiro atoms. The average Bonchev–Trinajstić information content (AvgIpc) is 3.94. The van der Waals surface area contributed by atoms with Gasteiger partial charge in [-0.15, -0.1) is 0 Å². The van der Waals surface area contributed by atoms with Crippen molar-refractivity contribution in [2.24, 2.45) is 23.7 Å². The number of nitrogens with zero attached hydrogens (tertiary/aromatic N) is 5. The van der Waals surface area contributed by atoms with Gasteiger partial charge in [0.2, 0.25) is 41.4 Å². The minimum absolute atomic E-state index is 0.00629. The Morgan fingerprint density at radius 1 is 0.696 bits per heavy atom. The van der Waals surface area contributed by atoms with Crippen LogP contribution in [-0.2, 0) is 60.7 Å². The van der Waals surface area contributed by atoms with Gasteiger partial charge >= 0.3 is 0 Å². The second-order valence-electron chi connectivity index (χ2n) is 22.9. The van der Waals surface area contributed by atoms with Gasteiger partial charge in [0.05, 0.1) is 17.6 Å². The van der Waals surface area contributed by atoms with Gasteiger partial charge in [0.1, 0.15) is 36.3 Å². The second kappa shape index (κ2) is 30.8. The van der Waals surface area contributed by atoms with E-state index in [2.05, 4.69) is 16.0 Å². The molecule has 0 bridgehead atoms. The summed E-state index contributed by atoms with van der Waals surface area (Å²) in [4.78, 5) is 133. The van der Waals surface area contributed by atoms with E-state index < -0.39 is 101 Å². The topological polar surface area (TPSA) is 235 Å². The van der Waals surface area contributed by atoms with E-state index >= 15 is 4.79 Å². The lowest BCUT2D eigenvalue weighted by Gasteiger charge is -2.37. The molecule has 440 valence electrons. The van der Waals surface area contributed by atoms with E-state index in [-0.39, 0.29) is 68.9 Å². The maximum absolute atomic E-state index is 15.0. The van der Waals surface area contributed by atoms with Crippen LogP contribution in [-0.4, -0.2) is 179 Å². The minimum atomic E-state index is -1.20. The highest BCUT2D eigenvalue weighted by Gasteiger charge is 2.42. The number of benzene rings is 2. The summed E-state index contributed by atoms with van der Waals surface area (Å²) >= 11 is 0. The van der Waals surface area contributed by atoms with Crippen molar-refractivity contribution in [3.8, 4) is 0 Å². The van der Waals surface area contributed by atoms with Crippen molar-refractivity contribution in [3.63, 3.8) is 0 Å². The van der Waals surface area contributed by atoms with Gasteiger partial charge in [-0.3, -0.25) is 43.2 Å². The Morgan fingerprint density at radius 2 is 1.25 bits per heavy atom. The SMILES string of the molecule is CCC[C@@H](C(=O)NC(Cc1ccccc1)C(=O)N(C)C(Cc1ccc(C)cc1)C(=O)N1CCC(C(=O)NC(C(=O)N(C)[C@@H](C)C(=O)N[C@@H](CC(C)C)C(=O)N(C)[C@H](C)C(C)(C)O)[C@H](C)CC)C1)N(C)C(=O)[C@H](OC=O)C(C)CC. The molecule has 1 fully saturated rings. The van der Waals surface area contributed by atoms with E-state index in [0.717, 1.165) is 16.7 Å². The number of carbonyl (C=O) groups excluding carboxylic acids is 9. The summed E-state index contributed by atoms with van der Waals surface area (Å²) in [6.07, 6.45) is 1.43. The highest BCUT2D eigenvalue weighted by molar-refractivity contribution is 5.96. The highest BCUT2D eigenvalue weighted by atomic mass is 16.5. The Labute approximate surface area is 470 Å². The van der Waals surface area contributed by atoms with Crippen LogP contribution < -0.4 is 16.0 Å². The van der Waals surface area contributed by atoms with Crippen molar-refractivity contribution in [2.75, 3.05) is 41.3 Å². The molecule has 0 radical (unpaired) electrons. The standard InChI is InChI=1S/C60H94N8O11/c1-17-23-48(66(15)59(77)51(79-36-69)40(8)19-3)54(72)62-47(33-43-24-21-20-22-25-43)56(74)67(16)49(34-44-28-26-38(6)27-29-44)57(75)68-31-30-45(35-68)53(71)63-50(39(7)18-2)58(76)64(13)41(9)52(70)61-46(32-37(4)5)55(73)65(14)42(10)60(11,12)78/h20-22,24-29,36-37,39-42,45-51,78H,17-19,23,30-35H2,1-16H3,(H,61,70)(H,62,72)(H,63,71)/t39-,40?,41+,42-,45?,46+,47?,48+,49?,50?,51-/m1/s1. The number of amides is 8. The summed E-state index contributed by atoms with van der Waals surface area (Å²) in [5.74, 6) is -5.40. The van der Waals surface area contributed by atoms with Gasteiger partial charge in [0.25, 0.3) is 12.4 Å². The third kappa shape index (κ3) is 18.6. The summed E-state index contributed by atoms with van der Waals surface area (Å²) in [6, 6.07) is 9.84. The van der Waals surface area contributed by atoms with Gasteiger partial charge in [-0.2, -0.15) is 0 Å². The maximum atomic E-state index is 15.0. The average molecular weight is 1100 g/mol. The van der Waals surface area contributed by atoms with Gasteiger partial charge < -0.3 is 50.3 Å². The van der Waals surface area contributed by atoms with Crippen LogP contribution in [0.4, 0.5) is 0 Å². The Bertz CT molecular complexity index is 2360. The quantitative estimate of drug-likeness (QED) is 0.0785. The molecular weight excluding hydrogens is 1010 g/mol. The molecule has 2 aromatic rings. The van der Waals surface area contributed by atoms with E-state index in [0.29, 0.717) is 25.7 Å². The number of nitrogens with one attached hydrogen (secondary N) is 3. The first-order chi connectivity index (χ1) is 37.0. The molecule has 8 amide bonds. The monoisotopic (exact) mass is 1100 g/mol. The van der Waals surface area contributed by atoms with Crippen molar-refractivity contribution < 1.29 is 53.0 Å². The summed E-state index contributed by atoms with van der Waals surface area (Å²) in [6.45, 7) is 21.9. The molecule has 19 heteroatoms. The molecule has 0 aromatic heterocycles. The zero-order chi connectivity index (χ0) is 59.6. The number of carbonyl (C=O) groups is 9. The first kappa shape index (κ1) is 66.9. The number of likely N-dealkylation sites (tertiary alicyclic amines) is 1. The Morgan fingerprint density at radius 3 is 1.80 bits per heavy atom. The number of hydrogen-bond donors (Lipinski definition) is 4. The van der Waals surface area contributed by atoms with Crippen molar-refractivity contribution in [1.29, 1.82) is 0 Å². The second-order valence-corrected chi connectivity index (χ2v) is 22.9. The molecule has 1 aliphatic rings. The van der Waals surface area contributed by atoms with Crippen LogP contribution >= 0.6 is 0 Å². The van der Waals surface area contributed by atoms with Gasteiger partial charge in [0, 0.05) is 60.0 Å². The third-order valence-corrected chi connectivity index (χ3v) is 16.1. The molecule has 1 heterocycles. The number of aliphatic hydroxyl groups is 1. The summed E-state index contributed by atoms with van der Waals surface area (Å²) < 4.78 is 5.22. The number of aryl methyl sites for hydroxylation is 1. The number of ether oxygens (including phenoxy) is 1. The lowest BCUT2D eigenvalue weighted by Crippen LogP contribution is -2.59. The van der Waals surface area contributed by atoms with Crippen LogP contribution in [0.1, 0.15) is 131 Å². The Hall–Kier alpha value is -6.37. The first-order valence-corrected chi connectivity index (χ1v) is 28.2. The van der Waals surface area contributed by atoms with Crippen molar-refractivity contribution >= 4 is 53.7 Å². The van der Waals surface area contributed by atoms with E-state index in [9.17, 15) is 43.5 Å². The van der Waals surface area contributed by atoms with Crippen LogP contribution in [0.3, 0.4) is 0 Å². The predicted molar refractivity (Wildman–Crippen MR) is 304 cm³/mol. The van der Waals surface area contributed by atoms with E-state index in [1.165, 1.54) is 40.7 Å². The van der Waals surface area contributed by atoms with Crippen molar-refractivity contribution in [3.05, 3.63) is 71.3 Å². The molecule has 5 unspecified atom stereocenters. The molecule has 0 aliphatic carbocycles. The molecule has 4 N–H and O–H groups in total.